The molecule has 2 amide bonds. The molecule has 30 heavy (non-hydrogen) atoms. The van der Waals surface area contributed by atoms with Gasteiger partial charge in [-0.15, -0.1) is 0 Å². The summed E-state index contributed by atoms with van der Waals surface area (Å²) < 4.78 is 4.99. The number of amides is 2. The van der Waals surface area contributed by atoms with Gasteiger partial charge in [-0.05, 0) is 92.9 Å². The highest BCUT2D eigenvalue weighted by atomic mass is 16.5. The molecule has 5 aliphatic rings. The number of esters is 1. The minimum atomic E-state index is -0.449. The van der Waals surface area contributed by atoms with Gasteiger partial charge < -0.3 is 10.1 Å². The summed E-state index contributed by atoms with van der Waals surface area (Å²) in [7, 11) is 0. The van der Waals surface area contributed by atoms with Gasteiger partial charge in [0.15, 0.2) is 0 Å². The van der Waals surface area contributed by atoms with Crippen molar-refractivity contribution in [3.8, 4) is 0 Å². The van der Waals surface area contributed by atoms with Crippen LogP contribution in [-0.2, 0) is 14.3 Å². The van der Waals surface area contributed by atoms with E-state index in [1.807, 2.05) is 0 Å². The predicted octanol–water partition coefficient (Wildman–Crippen LogP) is 3.30. The van der Waals surface area contributed by atoms with Crippen molar-refractivity contribution in [3.05, 3.63) is 29.8 Å². The Morgan fingerprint density at radius 3 is 2.23 bits per heavy atom. The van der Waals surface area contributed by atoms with Gasteiger partial charge in [0.05, 0.1) is 30.3 Å². The van der Waals surface area contributed by atoms with Gasteiger partial charge in [0.2, 0.25) is 5.91 Å². The van der Waals surface area contributed by atoms with E-state index in [-0.39, 0.29) is 18.2 Å². The Hall–Kier alpha value is -2.21. The molecule has 160 valence electrons. The Kier molecular flexibility index (Phi) is 4.92. The normalized spacial score (nSPS) is 34.6. The fraction of sp³-hybridized carbons (Fsp3) is 0.625. The number of carbonyl (C=O) groups excluding carboxylic acids is 3. The van der Waals surface area contributed by atoms with Crippen molar-refractivity contribution >= 4 is 23.5 Å². The number of rotatable bonds is 6. The summed E-state index contributed by atoms with van der Waals surface area (Å²) in [5, 5.41) is 3.48. The fourth-order valence-electron chi connectivity index (χ4n) is 6.87. The Labute approximate surface area is 177 Å². The van der Waals surface area contributed by atoms with Crippen LogP contribution < -0.4 is 10.2 Å². The van der Waals surface area contributed by atoms with Gasteiger partial charge in [0.1, 0.15) is 0 Å². The van der Waals surface area contributed by atoms with Gasteiger partial charge in [-0.25, -0.2) is 9.69 Å². The predicted molar refractivity (Wildman–Crippen MR) is 112 cm³/mol. The van der Waals surface area contributed by atoms with Crippen molar-refractivity contribution in [1.29, 1.82) is 0 Å². The van der Waals surface area contributed by atoms with Crippen LogP contribution >= 0.6 is 0 Å². The summed E-state index contributed by atoms with van der Waals surface area (Å²) >= 11 is 0. The van der Waals surface area contributed by atoms with Gasteiger partial charge >= 0.3 is 5.97 Å². The highest BCUT2D eigenvalue weighted by Gasteiger charge is 2.51. The van der Waals surface area contributed by atoms with Crippen LogP contribution in [0.4, 0.5) is 5.69 Å². The Morgan fingerprint density at radius 2 is 1.67 bits per heavy atom. The maximum Gasteiger partial charge on any atom is 0.338 e. The monoisotopic (exact) mass is 410 g/mol. The number of benzene rings is 1. The van der Waals surface area contributed by atoms with E-state index in [1.54, 1.807) is 31.2 Å². The molecule has 1 saturated heterocycles. The average molecular weight is 411 g/mol. The van der Waals surface area contributed by atoms with E-state index in [0.29, 0.717) is 23.3 Å². The number of nitrogens with one attached hydrogen (secondary N) is 1. The van der Waals surface area contributed by atoms with Crippen molar-refractivity contribution in [2.24, 2.45) is 23.2 Å². The second-order valence-electron chi connectivity index (χ2n) is 9.89. The summed E-state index contributed by atoms with van der Waals surface area (Å²) in [5.74, 6) is 1.83. The number of hydrogen-bond donors (Lipinski definition) is 1. The Morgan fingerprint density at radius 1 is 1.07 bits per heavy atom. The number of hydrogen-bond acceptors (Lipinski definition) is 5. The highest BCUT2D eigenvalue weighted by Crippen LogP contribution is 2.59. The molecule has 1 atom stereocenters. The molecule has 4 saturated carbocycles. The molecule has 0 spiro atoms. The van der Waals surface area contributed by atoms with Crippen LogP contribution in [0.2, 0.25) is 0 Å². The van der Waals surface area contributed by atoms with Crippen LogP contribution in [0.15, 0.2) is 24.3 Å². The zero-order valence-corrected chi connectivity index (χ0v) is 17.6. The lowest BCUT2D eigenvalue weighted by Crippen LogP contribution is -2.52. The van der Waals surface area contributed by atoms with E-state index < -0.39 is 12.0 Å². The van der Waals surface area contributed by atoms with Crippen LogP contribution in [0.1, 0.15) is 62.2 Å². The molecule has 1 N–H and O–H groups in total. The van der Waals surface area contributed by atoms with Crippen LogP contribution in [0.3, 0.4) is 0 Å². The molecule has 4 bridgehead atoms. The van der Waals surface area contributed by atoms with Crippen molar-refractivity contribution in [2.45, 2.75) is 57.9 Å². The molecule has 1 aromatic rings. The van der Waals surface area contributed by atoms with Gasteiger partial charge in [-0.3, -0.25) is 9.59 Å². The van der Waals surface area contributed by atoms with Crippen LogP contribution in [0, 0.1) is 23.2 Å². The zero-order chi connectivity index (χ0) is 20.9. The van der Waals surface area contributed by atoms with E-state index in [4.69, 9.17) is 4.74 Å². The maximum atomic E-state index is 13.0. The van der Waals surface area contributed by atoms with Gasteiger partial charge in [0.25, 0.3) is 5.91 Å². The Bertz CT molecular complexity index is 827. The highest BCUT2D eigenvalue weighted by molar-refractivity contribution is 6.22. The van der Waals surface area contributed by atoms with Crippen molar-refractivity contribution in [3.63, 3.8) is 0 Å². The van der Waals surface area contributed by atoms with Crippen LogP contribution in [-0.4, -0.2) is 37.0 Å². The summed E-state index contributed by atoms with van der Waals surface area (Å²) in [5.41, 5.74) is 1.25. The summed E-state index contributed by atoms with van der Waals surface area (Å²) in [4.78, 5) is 38.7. The van der Waals surface area contributed by atoms with Crippen LogP contribution in [0.25, 0.3) is 0 Å². The number of imide groups is 1. The van der Waals surface area contributed by atoms with E-state index in [0.717, 1.165) is 24.3 Å². The van der Waals surface area contributed by atoms with Gasteiger partial charge in [-0.1, -0.05) is 0 Å². The summed E-state index contributed by atoms with van der Waals surface area (Å²) in [6.07, 6.45) is 8.23. The Balaban J connectivity index is 1.24. The number of ether oxygens (including phenoxy) is 1. The lowest BCUT2D eigenvalue weighted by Gasteiger charge is -2.57. The molecule has 6 nitrogen and oxygen atoms in total. The molecule has 0 radical (unpaired) electrons. The molecule has 6 rings (SSSR count). The molecule has 1 unspecified atom stereocenters. The van der Waals surface area contributed by atoms with E-state index in [9.17, 15) is 14.4 Å². The number of carbonyl (C=O) groups is 3. The minimum absolute atomic E-state index is 0.186. The maximum absolute atomic E-state index is 13.0. The SMILES string of the molecule is CCOC(=O)c1ccc(N2C(=O)CC(NCC34CC5CC(CC(C5)C3)C4)C2=O)cc1. The topological polar surface area (TPSA) is 75.7 Å². The van der Waals surface area contributed by atoms with Crippen molar-refractivity contribution < 1.29 is 19.1 Å². The molecular weight excluding hydrogens is 380 g/mol. The molecule has 1 heterocycles. The third kappa shape index (κ3) is 3.45. The first kappa shape index (κ1) is 19.7. The largest absolute Gasteiger partial charge is 0.462 e. The first-order chi connectivity index (χ1) is 14.5. The number of anilines is 1. The summed E-state index contributed by atoms with van der Waals surface area (Å²) in [6.45, 7) is 2.90. The lowest BCUT2D eigenvalue weighted by molar-refractivity contribution is -0.121. The minimum Gasteiger partial charge on any atom is -0.462 e. The van der Waals surface area contributed by atoms with Crippen molar-refractivity contribution in [2.75, 3.05) is 18.1 Å². The molecule has 0 aromatic heterocycles. The van der Waals surface area contributed by atoms with E-state index in [1.165, 1.54) is 43.4 Å². The third-order valence-electron chi connectivity index (χ3n) is 7.67. The molecule has 4 aliphatic carbocycles. The molecule has 1 aromatic carbocycles. The quantitative estimate of drug-likeness (QED) is 0.575. The fourth-order valence-corrected chi connectivity index (χ4v) is 6.87. The zero-order valence-electron chi connectivity index (χ0n) is 17.6. The number of nitrogens with zero attached hydrogens (tertiary/aromatic N) is 1. The summed E-state index contributed by atoms with van der Waals surface area (Å²) in [6, 6.07) is 6.04. The van der Waals surface area contributed by atoms with Crippen LogP contribution in [0.5, 0.6) is 0 Å². The second kappa shape index (κ2) is 7.49. The third-order valence-corrected chi connectivity index (χ3v) is 7.67. The van der Waals surface area contributed by atoms with E-state index in [2.05, 4.69) is 5.32 Å². The molecule has 5 fully saturated rings. The van der Waals surface area contributed by atoms with E-state index >= 15 is 0 Å². The molecular formula is C24H30N2O4. The van der Waals surface area contributed by atoms with Crippen molar-refractivity contribution in [1.82, 2.24) is 5.32 Å². The second-order valence-corrected chi connectivity index (χ2v) is 9.89. The average Bonchev–Trinajstić information content (AvgIpc) is 2.99. The smallest absolute Gasteiger partial charge is 0.338 e. The molecule has 1 aliphatic heterocycles. The van der Waals surface area contributed by atoms with Gasteiger partial charge in [-0.2, -0.15) is 0 Å². The van der Waals surface area contributed by atoms with Gasteiger partial charge in [0, 0.05) is 6.54 Å². The first-order valence-electron chi connectivity index (χ1n) is 11.3. The standard InChI is InChI=1S/C24H30N2O4/c1-2-30-23(29)18-3-5-19(6-4-18)26-21(27)10-20(22(26)28)25-14-24-11-15-7-16(12-24)9-17(8-15)13-24/h3-6,15-17,20,25H,2,7-14H2,1H3. The first-order valence-corrected chi connectivity index (χ1v) is 11.3. The molecule has 6 heteroatoms. The lowest BCUT2D eigenvalue weighted by atomic mass is 9.49.